The molecular formula is C16H23BrN2O. The van der Waals surface area contributed by atoms with Gasteiger partial charge in [-0.2, -0.15) is 0 Å². The molecule has 0 spiro atoms. The van der Waals surface area contributed by atoms with Crippen LogP contribution >= 0.6 is 15.9 Å². The highest BCUT2D eigenvalue weighted by Gasteiger charge is 2.25. The molecule has 20 heavy (non-hydrogen) atoms. The van der Waals surface area contributed by atoms with Gasteiger partial charge in [0.25, 0.3) is 0 Å². The van der Waals surface area contributed by atoms with E-state index in [1.54, 1.807) is 0 Å². The number of amides is 1. The van der Waals surface area contributed by atoms with Gasteiger partial charge in [0.2, 0.25) is 5.91 Å². The van der Waals surface area contributed by atoms with Gasteiger partial charge in [-0.3, -0.25) is 4.79 Å². The average molecular weight is 339 g/mol. The van der Waals surface area contributed by atoms with E-state index in [0.29, 0.717) is 6.04 Å². The maximum absolute atomic E-state index is 12.3. The van der Waals surface area contributed by atoms with Crippen molar-refractivity contribution in [2.24, 2.45) is 5.92 Å². The minimum absolute atomic E-state index is 0.163. The van der Waals surface area contributed by atoms with Crippen molar-refractivity contribution in [3.05, 3.63) is 34.3 Å². The zero-order chi connectivity index (χ0) is 14.5. The molecule has 4 heteroatoms. The first-order valence-corrected chi connectivity index (χ1v) is 8.12. The second-order valence-corrected chi connectivity index (χ2v) is 6.74. The van der Waals surface area contributed by atoms with E-state index in [1.807, 2.05) is 12.1 Å². The molecule has 2 N–H and O–H groups in total. The second-order valence-electron chi connectivity index (χ2n) is 5.82. The fourth-order valence-electron chi connectivity index (χ4n) is 2.80. The molecule has 1 aromatic rings. The van der Waals surface area contributed by atoms with Gasteiger partial charge in [-0.05, 0) is 57.4 Å². The van der Waals surface area contributed by atoms with Crippen LogP contribution in [0.3, 0.4) is 0 Å². The molecule has 1 heterocycles. The van der Waals surface area contributed by atoms with E-state index < -0.39 is 0 Å². The van der Waals surface area contributed by atoms with Crippen LogP contribution in [0.25, 0.3) is 0 Å². The number of rotatable bonds is 4. The number of benzene rings is 1. The first-order valence-electron chi connectivity index (χ1n) is 7.33. The second kappa shape index (κ2) is 7.23. The Labute approximate surface area is 129 Å². The van der Waals surface area contributed by atoms with Gasteiger partial charge in [0, 0.05) is 22.5 Å². The number of piperidine rings is 1. The van der Waals surface area contributed by atoms with Crippen LogP contribution in [-0.2, 0) is 11.2 Å². The highest BCUT2D eigenvalue weighted by molar-refractivity contribution is 9.10. The van der Waals surface area contributed by atoms with E-state index in [2.05, 4.69) is 52.5 Å². The molecule has 1 unspecified atom stereocenters. The van der Waals surface area contributed by atoms with E-state index in [-0.39, 0.29) is 17.9 Å². The Morgan fingerprint density at radius 3 is 3.05 bits per heavy atom. The zero-order valence-corrected chi connectivity index (χ0v) is 13.7. The summed E-state index contributed by atoms with van der Waals surface area (Å²) in [5.41, 5.74) is 1.24. The molecule has 0 saturated carbocycles. The molecule has 2 rings (SSSR count). The van der Waals surface area contributed by atoms with Gasteiger partial charge in [0.15, 0.2) is 0 Å². The van der Waals surface area contributed by atoms with Gasteiger partial charge in [-0.15, -0.1) is 0 Å². The van der Waals surface area contributed by atoms with Crippen LogP contribution < -0.4 is 10.6 Å². The van der Waals surface area contributed by atoms with Crippen LogP contribution in [0.4, 0.5) is 0 Å². The number of hydrogen-bond acceptors (Lipinski definition) is 2. The molecule has 3 nitrogen and oxygen atoms in total. The van der Waals surface area contributed by atoms with Crippen molar-refractivity contribution in [2.75, 3.05) is 6.54 Å². The molecule has 1 aromatic carbocycles. The first kappa shape index (κ1) is 15.5. The molecule has 1 amide bonds. The summed E-state index contributed by atoms with van der Waals surface area (Å²) in [5, 5.41) is 6.54. The highest BCUT2D eigenvalue weighted by atomic mass is 79.9. The van der Waals surface area contributed by atoms with Gasteiger partial charge in [0.1, 0.15) is 0 Å². The molecule has 0 aromatic heterocycles. The third-order valence-electron chi connectivity index (χ3n) is 3.81. The quantitative estimate of drug-likeness (QED) is 0.886. The summed E-state index contributed by atoms with van der Waals surface area (Å²) in [6, 6.07) is 8.86. The number of halogens is 1. The molecule has 3 atom stereocenters. The maximum atomic E-state index is 12.3. The Morgan fingerprint density at radius 1 is 1.55 bits per heavy atom. The summed E-state index contributed by atoms with van der Waals surface area (Å²) in [6.45, 7) is 5.16. The number of carbonyl (C=O) groups is 1. The predicted octanol–water partition coefficient (Wildman–Crippen LogP) is 2.88. The minimum atomic E-state index is 0.163. The number of hydrogen-bond donors (Lipinski definition) is 2. The molecule has 0 radical (unpaired) electrons. The number of nitrogens with one attached hydrogen (secondary N) is 2. The lowest BCUT2D eigenvalue weighted by atomic mass is 9.92. The van der Waals surface area contributed by atoms with Gasteiger partial charge in [0.05, 0.1) is 0 Å². The van der Waals surface area contributed by atoms with Crippen molar-refractivity contribution in [1.29, 1.82) is 0 Å². The molecule has 110 valence electrons. The standard InChI is InChI=1S/C16H23BrN2O/c1-11-9-14(6-7-18-11)16(20)19-12(2)8-13-4-3-5-15(17)10-13/h3-5,10-12,14,18H,6-9H2,1-2H3,(H,19,20)/t11-,12?,14-/m0/s1. The monoisotopic (exact) mass is 338 g/mol. The number of carbonyl (C=O) groups excluding carboxylic acids is 1. The van der Waals surface area contributed by atoms with Crippen molar-refractivity contribution >= 4 is 21.8 Å². The van der Waals surface area contributed by atoms with Gasteiger partial charge in [-0.1, -0.05) is 28.1 Å². The largest absolute Gasteiger partial charge is 0.353 e. The lowest BCUT2D eigenvalue weighted by molar-refractivity contribution is -0.126. The predicted molar refractivity (Wildman–Crippen MR) is 85.6 cm³/mol. The molecule has 1 aliphatic rings. The van der Waals surface area contributed by atoms with E-state index in [1.165, 1.54) is 5.56 Å². The van der Waals surface area contributed by atoms with Gasteiger partial charge in [-0.25, -0.2) is 0 Å². The van der Waals surface area contributed by atoms with Crippen LogP contribution in [0, 0.1) is 5.92 Å². The molecular weight excluding hydrogens is 316 g/mol. The van der Waals surface area contributed by atoms with Crippen LogP contribution in [0.15, 0.2) is 28.7 Å². The summed E-state index contributed by atoms with van der Waals surface area (Å²) in [6.07, 6.45) is 2.75. The minimum Gasteiger partial charge on any atom is -0.353 e. The molecule has 1 aliphatic heterocycles. The summed E-state index contributed by atoms with van der Waals surface area (Å²) >= 11 is 3.48. The van der Waals surface area contributed by atoms with Crippen LogP contribution in [0.1, 0.15) is 32.3 Å². The Kier molecular flexibility index (Phi) is 5.61. The lowest BCUT2D eigenvalue weighted by Crippen LogP contribution is -2.45. The Bertz CT molecular complexity index is 464. The van der Waals surface area contributed by atoms with Crippen molar-refractivity contribution in [1.82, 2.24) is 10.6 Å². The normalized spacial score (nSPS) is 24.1. The summed E-state index contributed by atoms with van der Waals surface area (Å²) in [7, 11) is 0. The molecule has 0 aliphatic carbocycles. The van der Waals surface area contributed by atoms with Crippen LogP contribution in [-0.4, -0.2) is 24.5 Å². The fraction of sp³-hybridized carbons (Fsp3) is 0.562. The summed E-state index contributed by atoms with van der Waals surface area (Å²) in [4.78, 5) is 12.3. The van der Waals surface area contributed by atoms with Crippen molar-refractivity contribution < 1.29 is 4.79 Å². The van der Waals surface area contributed by atoms with E-state index in [9.17, 15) is 4.79 Å². The van der Waals surface area contributed by atoms with Crippen molar-refractivity contribution in [3.8, 4) is 0 Å². The molecule has 1 fully saturated rings. The Balaban J connectivity index is 1.84. The van der Waals surface area contributed by atoms with Crippen molar-refractivity contribution in [2.45, 2.75) is 45.2 Å². The summed E-state index contributed by atoms with van der Waals surface area (Å²) in [5.74, 6) is 0.372. The maximum Gasteiger partial charge on any atom is 0.223 e. The van der Waals surface area contributed by atoms with Crippen LogP contribution in [0.5, 0.6) is 0 Å². The lowest BCUT2D eigenvalue weighted by Gasteiger charge is -2.28. The zero-order valence-electron chi connectivity index (χ0n) is 12.2. The SMILES string of the molecule is CC(Cc1cccc(Br)c1)NC(=O)[C@H]1CCN[C@@H](C)C1. The molecule has 1 saturated heterocycles. The Hall–Kier alpha value is -0.870. The van der Waals surface area contributed by atoms with Crippen molar-refractivity contribution in [3.63, 3.8) is 0 Å². The Morgan fingerprint density at radius 2 is 2.35 bits per heavy atom. The van der Waals surface area contributed by atoms with E-state index in [0.717, 1.165) is 30.3 Å². The first-order chi connectivity index (χ1) is 9.54. The third kappa shape index (κ3) is 4.60. The third-order valence-corrected chi connectivity index (χ3v) is 4.31. The fourth-order valence-corrected chi connectivity index (χ4v) is 3.25. The average Bonchev–Trinajstić information content (AvgIpc) is 2.38. The highest BCUT2D eigenvalue weighted by Crippen LogP contribution is 2.17. The van der Waals surface area contributed by atoms with Crippen LogP contribution in [0.2, 0.25) is 0 Å². The van der Waals surface area contributed by atoms with E-state index in [4.69, 9.17) is 0 Å². The topological polar surface area (TPSA) is 41.1 Å². The summed E-state index contributed by atoms with van der Waals surface area (Å²) < 4.78 is 1.08. The van der Waals surface area contributed by atoms with Gasteiger partial charge >= 0.3 is 0 Å². The van der Waals surface area contributed by atoms with E-state index >= 15 is 0 Å². The van der Waals surface area contributed by atoms with Gasteiger partial charge < -0.3 is 10.6 Å². The smallest absolute Gasteiger partial charge is 0.223 e. The molecule has 0 bridgehead atoms.